The number of hydrogen-bond donors (Lipinski definition) is 1. The van der Waals surface area contributed by atoms with Crippen LogP contribution in [0, 0.1) is 26.6 Å². The van der Waals surface area contributed by atoms with E-state index in [1.54, 1.807) is 18.2 Å². The van der Waals surface area contributed by atoms with Crippen molar-refractivity contribution in [1.29, 1.82) is 0 Å². The van der Waals surface area contributed by atoms with Crippen LogP contribution >= 0.6 is 11.6 Å². The molecule has 0 spiro atoms. The maximum atomic E-state index is 13.8. The summed E-state index contributed by atoms with van der Waals surface area (Å²) in [5.41, 5.74) is 5.20. The summed E-state index contributed by atoms with van der Waals surface area (Å²) in [6.45, 7) is 6.60. The number of halogens is 2. The van der Waals surface area contributed by atoms with Crippen LogP contribution in [0.4, 0.5) is 10.1 Å². The number of hydrogen-bond acceptors (Lipinski definition) is 1. The van der Waals surface area contributed by atoms with Crippen LogP contribution in [0.3, 0.4) is 0 Å². The fraction of sp³-hybridized carbons (Fsp3) is 0.250. The Bertz CT molecular complexity index is 585. The van der Waals surface area contributed by atoms with Gasteiger partial charge in [-0.25, -0.2) is 4.39 Å². The molecule has 0 radical (unpaired) electrons. The zero-order valence-electron chi connectivity index (χ0n) is 11.3. The summed E-state index contributed by atoms with van der Waals surface area (Å²) in [4.78, 5) is 0. The Morgan fingerprint density at radius 3 is 2.37 bits per heavy atom. The Labute approximate surface area is 118 Å². The Kier molecular flexibility index (Phi) is 4.11. The number of nitrogens with one attached hydrogen (secondary N) is 1. The molecule has 0 fully saturated rings. The molecule has 0 saturated carbocycles. The van der Waals surface area contributed by atoms with Crippen molar-refractivity contribution < 1.29 is 4.39 Å². The smallest absolute Gasteiger partial charge is 0.146 e. The van der Waals surface area contributed by atoms with Crippen molar-refractivity contribution >= 4 is 17.3 Å². The molecule has 2 rings (SSSR count). The largest absolute Gasteiger partial charge is 0.380 e. The van der Waals surface area contributed by atoms with Gasteiger partial charge in [0.2, 0.25) is 0 Å². The van der Waals surface area contributed by atoms with Gasteiger partial charge in [-0.05, 0) is 38.0 Å². The highest BCUT2D eigenvalue weighted by Crippen LogP contribution is 2.24. The van der Waals surface area contributed by atoms with Gasteiger partial charge in [0.1, 0.15) is 5.82 Å². The van der Waals surface area contributed by atoms with Gasteiger partial charge in [-0.15, -0.1) is 0 Å². The first-order chi connectivity index (χ1) is 8.99. The second kappa shape index (κ2) is 5.62. The molecule has 0 aromatic heterocycles. The predicted octanol–water partition coefficient (Wildman–Crippen LogP) is 5.02. The van der Waals surface area contributed by atoms with Crippen molar-refractivity contribution in [2.45, 2.75) is 27.3 Å². The highest BCUT2D eigenvalue weighted by Gasteiger charge is 2.08. The van der Waals surface area contributed by atoms with E-state index < -0.39 is 0 Å². The van der Waals surface area contributed by atoms with E-state index in [0.717, 1.165) is 5.69 Å². The van der Waals surface area contributed by atoms with E-state index in [1.165, 1.54) is 16.7 Å². The van der Waals surface area contributed by atoms with Gasteiger partial charge in [-0.1, -0.05) is 41.4 Å². The van der Waals surface area contributed by atoms with Gasteiger partial charge in [0.25, 0.3) is 0 Å². The van der Waals surface area contributed by atoms with Gasteiger partial charge in [-0.2, -0.15) is 0 Å². The molecule has 1 N–H and O–H groups in total. The van der Waals surface area contributed by atoms with Crippen LogP contribution in [0.1, 0.15) is 22.3 Å². The first-order valence-corrected chi connectivity index (χ1v) is 6.61. The highest BCUT2D eigenvalue weighted by molar-refractivity contribution is 6.30. The van der Waals surface area contributed by atoms with Crippen LogP contribution in [0.15, 0.2) is 30.3 Å². The van der Waals surface area contributed by atoms with E-state index in [9.17, 15) is 4.39 Å². The van der Waals surface area contributed by atoms with E-state index in [2.05, 4.69) is 38.2 Å². The van der Waals surface area contributed by atoms with Crippen LogP contribution in [0.5, 0.6) is 0 Å². The molecule has 0 unspecified atom stereocenters. The van der Waals surface area contributed by atoms with E-state index in [-0.39, 0.29) is 10.8 Å². The minimum Gasteiger partial charge on any atom is -0.380 e. The van der Waals surface area contributed by atoms with Gasteiger partial charge in [0.15, 0.2) is 0 Å². The monoisotopic (exact) mass is 277 g/mol. The second-order valence-electron chi connectivity index (χ2n) is 4.84. The average Bonchev–Trinajstić information content (AvgIpc) is 2.33. The molecule has 100 valence electrons. The maximum absolute atomic E-state index is 13.8. The van der Waals surface area contributed by atoms with Crippen molar-refractivity contribution in [2.75, 3.05) is 5.32 Å². The van der Waals surface area contributed by atoms with Crippen LogP contribution in [-0.4, -0.2) is 0 Å². The number of anilines is 1. The standard InChI is InChI=1S/C16H17ClFN/c1-10-7-11(2)16(12(3)8-10)19-9-13-5-4-6-14(17)15(13)18/h4-8,19H,9H2,1-3H3. The second-order valence-corrected chi connectivity index (χ2v) is 5.25. The van der Waals surface area contributed by atoms with Crippen molar-refractivity contribution in [1.82, 2.24) is 0 Å². The highest BCUT2D eigenvalue weighted by atomic mass is 35.5. The van der Waals surface area contributed by atoms with Crippen LogP contribution < -0.4 is 5.32 Å². The summed E-state index contributed by atoms with van der Waals surface area (Å²) in [5, 5.41) is 3.46. The molecule has 0 aliphatic heterocycles. The maximum Gasteiger partial charge on any atom is 0.146 e. The van der Waals surface area contributed by atoms with E-state index in [1.807, 2.05) is 0 Å². The summed E-state index contributed by atoms with van der Waals surface area (Å²) in [7, 11) is 0. The van der Waals surface area contributed by atoms with Gasteiger partial charge in [-0.3, -0.25) is 0 Å². The fourth-order valence-electron chi connectivity index (χ4n) is 2.33. The molecule has 0 heterocycles. The Hall–Kier alpha value is -1.54. The fourth-order valence-corrected chi connectivity index (χ4v) is 2.52. The molecule has 3 heteroatoms. The van der Waals surface area contributed by atoms with Crippen LogP contribution in [0.25, 0.3) is 0 Å². The molecule has 2 aromatic carbocycles. The van der Waals surface area contributed by atoms with E-state index >= 15 is 0 Å². The molecule has 0 aliphatic carbocycles. The average molecular weight is 278 g/mol. The lowest BCUT2D eigenvalue weighted by molar-refractivity contribution is 0.613. The zero-order chi connectivity index (χ0) is 14.0. The van der Waals surface area contributed by atoms with E-state index in [0.29, 0.717) is 12.1 Å². The SMILES string of the molecule is Cc1cc(C)c(NCc2cccc(Cl)c2F)c(C)c1. The first-order valence-electron chi connectivity index (χ1n) is 6.23. The van der Waals surface area contributed by atoms with Crippen molar-refractivity contribution in [3.63, 3.8) is 0 Å². The lowest BCUT2D eigenvalue weighted by Gasteiger charge is -2.14. The number of aryl methyl sites for hydroxylation is 3. The zero-order valence-corrected chi connectivity index (χ0v) is 12.1. The summed E-state index contributed by atoms with van der Waals surface area (Å²) >= 11 is 5.78. The summed E-state index contributed by atoms with van der Waals surface area (Å²) in [6.07, 6.45) is 0. The Balaban J connectivity index is 2.22. The molecular weight excluding hydrogens is 261 g/mol. The third-order valence-electron chi connectivity index (χ3n) is 3.16. The lowest BCUT2D eigenvalue weighted by Crippen LogP contribution is -2.05. The van der Waals surface area contributed by atoms with Crippen molar-refractivity contribution in [3.8, 4) is 0 Å². The minimum absolute atomic E-state index is 0.164. The van der Waals surface area contributed by atoms with Crippen LogP contribution in [0.2, 0.25) is 5.02 Å². The molecule has 1 nitrogen and oxygen atoms in total. The van der Waals surface area contributed by atoms with Gasteiger partial charge in [0, 0.05) is 17.8 Å². The van der Waals surface area contributed by atoms with Gasteiger partial charge < -0.3 is 5.32 Å². The topological polar surface area (TPSA) is 12.0 Å². The van der Waals surface area contributed by atoms with Gasteiger partial charge >= 0.3 is 0 Å². The number of rotatable bonds is 3. The molecule has 0 bridgehead atoms. The lowest BCUT2D eigenvalue weighted by atomic mass is 10.0. The first kappa shape index (κ1) is 13.9. The molecule has 0 aliphatic rings. The molecule has 19 heavy (non-hydrogen) atoms. The van der Waals surface area contributed by atoms with Crippen molar-refractivity contribution in [3.05, 3.63) is 63.4 Å². The summed E-state index contributed by atoms with van der Waals surface area (Å²) in [6, 6.07) is 9.29. The van der Waals surface area contributed by atoms with Gasteiger partial charge in [0.05, 0.1) is 5.02 Å². The predicted molar refractivity (Wildman–Crippen MR) is 79.4 cm³/mol. The normalized spacial score (nSPS) is 10.6. The molecule has 0 saturated heterocycles. The molecule has 0 atom stereocenters. The third kappa shape index (κ3) is 3.07. The summed E-state index contributed by atoms with van der Waals surface area (Å²) in [5.74, 6) is -0.348. The van der Waals surface area contributed by atoms with E-state index in [4.69, 9.17) is 11.6 Å². The summed E-state index contributed by atoms with van der Waals surface area (Å²) < 4.78 is 13.8. The van der Waals surface area contributed by atoms with Crippen LogP contribution in [-0.2, 0) is 6.54 Å². The Morgan fingerprint density at radius 1 is 1.11 bits per heavy atom. The van der Waals surface area contributed by atoms with Crippen molar-refractivity contribution in [2.24, 2.45) is 0 Å². The molecule has 0 amide bonds. The Morgan fingerprint density at radius 2 is 1.74 bits per heavy atom. The number of benzene rings is 2. The molecular formula is C16H17ClFN. The quantitative estimate of drug-likeness (QED) is 0.831. The molecule has 2 aromatic rings. The minimum atomic E-state index is -0.348. The third-order valence-corrected chi connectivity index (χ3v) is 3.46.